The molecule has 0 bridgehead atoms. The summed E-state index contributed by atoms with van der Waals surface area (Å²) in [6.07, 6.45) is 5.83. The molecule has 0 saturated carbocycles. The van der Waals surface area contributed by atoms with Crippen molar-refractivity contribution in [3.8, 4) is 11.3 Å². The van der Waals surface area contributed by atoms with Gasteiger partial charge in [0.15, 0.2) is 0 Å². The first-order valence-electron chi connectivity index (χ1n) is 9.53. The third-order valence-corrected chi connectivity index (χ3v) is 5.71. The summed E-state index contributed by atoms with van der Waals surface area (Å²) in [5, 5.41) is 8.38. The smallest absolute Gasteiger partial charge is 0.237 e. The van der Waals surface area contributed by atoms with E-state index in [1.165, 1.54) is 25.7 Å². The SMILES string of the molecule is O=C(CN1CCCCCC1)N1CCc2[nH]nc(-c3ccc(Cl)cc3)c2C1. The van der Waals surface area contributed by atoms with E-state index in [1.54, 1.807) is 0 Å². The van der Waals surface area contributed by atoms with E-state index in [-0.39, 0.29) is 5.91 Å². The first-order chi connectivity index (χ1) is 12.7. The Morgan fingerprint density at radius 2 is 1.81 bits per heavy atom. The summed E-state index contributed by atoms with van der Waals surface area (Å²) in [5.41, 5.74) is 4.26. The van der Waals surface area contributed by atoms with Gasteiger partial charge in [0.25, 0.3) is 0 Å². The van der Waals surface area contributed by atoms with Gasteiger partial charge in [-0.25, -0.2) is 0 Å². The second kappa shape index (κ2) is 7.80. The lowest BCUT2D eigenvalue weighted by Gasteiger charge is -2.30. The van der Waals surface area contributed by atoms with Gasteiger partial charge in [-0.15, -0.1) is 0 Å². The van der Waals surface area contributed by atoms with Crippen molar-refractivity contribution in [3.63, 3.8) is 0 Å². The van der Waals surface area contributed by atoms with Gasteiger partial charge < -0.3 is 4.90 Å². The summed E-state index contributed by atoms with van der Waals surface area (Å²) >= 11 is 6.00. The number of fused-ring (bicyclic) bond motifs is 1. The number of nitrogens with zero attached hydrogens (tertiary/aromatic N) is 3. The Bertz CT molecular complexity index is 763. The van der Waals surface area contributed by atoms with Crippen LogP contribution >= 0.6 is 11.6 Å². The lowest BCUT2D eigenvalue weighted by atomic mass is 10.0. The van der Waals surface area contributed by atoms with Crippen molar-refractivity contribution in [2.75, 3.05) is 26.2 Å². The van der Waals surface area contributed by atoms with Crippen molar-refractivity contribution in [2.45, 2.75) is 38.6 Å². The van der Waals surface area contributed by atoms with Gasteiger partial charge in [-0.1, -0.05) is 36.6 Å². The summed E-state index contributed by atoms with van der Waals surface area (Å²) in [6, 6.07) is 7.72. The Morgan fingerprint density at radius 1 is 1.08 bits per heavy atom. The van der Waals surface area contributed by atoms with Gasteiger partial charge in [-0.2, -0.15) is 5.10 Å². The molecule has 5 nitrogen and oxygen atoms in total. The highest BCUT2D eigenvalue weighted by Gasteiger charge is 2.26. The minimum atomic E-state index is 0.237. The van der Waals surface area contributed by atoms with Crippen molar-refractivity contribution in [3.05, 3.63) is 40.5 Å². The second-order valence-electron chi connectivity index (χ2n) is 7.29. The maximum absolute atomic E-state index is 12.8. The van der Waals surface area contributed by atoms with Crippen LogP contribution in [-0.2, 0) is 17.8 Å². The number of aromatic nitrogens is 2. The molecule has 1 fully saturated rings. The van der Waals surface area contributed by atoms with E-state index in [2.05, 4.69) is 15.1 Å². The van der Waals surface area contributed by atoms with Crippen LogP contribution in [0.5, 0.6) is 0 Å². The lowest BCUT2D eigenvalue weighted by Crippen LogP contribution is -2.43. The zero-order chi connectivity index (χ0) is 17.9. The molecule has 2 aromatic rings. The van der Waals surface area contributed by atoms with Crippen molar-refractivity contribution < 1.29 is 4.79 Å². The molecule has 0 spiro atoms. The number of rotatable bonds is 3. The molecule has 138 valence electrons. The number of benzene rings is 1. The molecule has 3 heterocycles. The van der Waals surface area contributed by atoms with Gasteiger partial charge in [-0.05, 0) is 38.1 Å². The monoisotopic (exact) mass is 372 g/mol. The first kappa shape index (κ1) is 17.6. The highest BCUT2D eigenvalue weighted by Crippen LogP contribution is 2.29. The van der Waals surface area contributed by atoms with Gasteiger partial charge >= 0.3 is 0 Å². The van der Waals surface area contributed by atoms with Crippen molar-refractivity contribution in [1.29, 1.82) is 0 Å². The van der Waals surface area contributed by atoms with Crippen LogP contribution in [0.15, 0.2) is 24.3 Å². The summed E-state index contributed by atoms with van der Waals surface area (Å²) in [4.78, 5) is 17.1. The Labute approximate surface area is 159 Å². The third-order valence-electron chi connectivity index (χ3n) is 5.46. The number of halogens is 1. The number of carbonyl (C=O) groups excluding carboxylic acids is 1. The van der Waals surface area contributed by atoms with Crippen molar-refractivity contribution in [2.24, 2.45) is 0 Å². The maximum atomic E-state index is 12.8. The molecule has 1 saturated heterocycles. The topological polar surface area (TPSA) is 52.2 Å². The normalized spacial score (nSPS) is 18.4. The van der Waals surface area contributed by atoms with Gasteiger partial charge in [-0.3, -0.25) is 14.8 Å². The summed E-state index contributed by atoms with van der Waals surface area (Å²) in [7, 11) is 0. The van der Waals surface area contributed by atoms with E-state index in [9.17, 15) is 4.79 Å². The van der Waals surface area contributed by atoms with E-state index < -0.39 is 0 Å². The zero-order valence-electron chi connectivity index (χ0n) is 15.0. The number of nitrogens with one attached hydrogen (secondary N) is 1. The Balaban J connectivity index is 1.47. The zero-order valence-corrected chi connectivity index (χ0v) is 15.8. The molecular weight excluding hydrogens is 348 g/mol. The predicted octanol–water partition coefficient (Wildman–Crippen LogP) is 3.49. The number of hydrogen-bond donors (Lipinski definition) is 1. The molecule has 0 radical (unpaired) electrons. The highest BCUT2D eigenvalue weighted by molar-refractivity contribution is 6.30. The molecule has 2 aliphatic heterocycles. The van der Waals surface area contributed by atoms with Gasteiger partial charge in [0.1, 0.15) is 0 Å². The number of likely N-dealkylation sites (tertiary alicyclic amines) is 1. The molecule has 1 amide bonds. The highest BCUT2D eigenvalue weighted by atomic mass is 35.5. The minimum Gasteiger partial charge on any atom is -0.337 e. The molecule has 6 heteroatoms. The average molecular weight is 373 g/mol. The predicted molar refractivity (Wildman–Crippen MR) is 103 cm³/mol. The quantitative estimate of drug-likeness (QED) is 0.897. The van der Waals surface area contributed by atoms with Crippen LogP contribution in [-0.4, -0.2) is 52.1 Å². The number of H-pyrrole nitrogens is 1. The van der Waals surface area contributed by atoms with Crippen molar-refractivity contribution >= 4 is 17.5 Å². The molecule has 0 aliphatic carbocycles. The van der Waals surface area contributed by atoms with Crippen molar-refractivity contribution in [1.82, 2.24) is 20.0 Å². The van der Waals surface area contributed by atoms with Gasteiger partial charge in [0.05, 0.1) is 12.2 Å². The standard InChI is InChI=1S/C20H25ClN4O/c21-16-7-5-15(6-8-16)20-17-13-25(12-9-18(17)22-23-20)19(26)14-24-10-3-1-2-4-11-24/h5-8H,1-4,9-14H2,(H,22,23). The number of hydrogen-bond acceptors (Lipinski definition) is 3. The molecule has 2 aliphatic rings. The summed E-state index contributed by atoms with van der Waals surface area (Å²) in [5.74, 6) is 0.237. The van der Waals surface area contributed by atoms with Crippen LogP contribution in [0.1, 0.15) is 36.9 Å². The van der Waals surface area contributed by atoms with E-state index in [4.69, 9.17) is 11.6 Å². The van der Waals surface area contributed by atoms with E-state index in [0.717, 1.165) is 48.6 Å². The minimum absolute atomic E-state index is 0.237. The van der Waals surface area contributed by atoms with Crippen LogP contribution in [0.25, 0.3) is 11.3 Å². The fourth-order valence-electron chi connectivity index (χ4n) is 3.94. The van der Waals surface area contributed by atoms with E-state index in [1.807, 2.05) is 29.2 Å². The first-order valence-corrected chi connectivity index (χ1v) is 9.91. The molecular formula is C20H25ClN4O. The van der Waals surface area contributed by atoms with E-state index in [0.29, 0.717) is 18.1 Å². The largest absolute Gasteiger partial charge is 0.337 e. The maximum Gasteiger partial charge on any atom is 0.237 e. The van der Waals surface area contributed by atoms with Gasteiger partial charge in [0, 0.05) is 41.4 Å². The fraction of sp³-hybridized carbons (Fsp3) is 0.500. The van der Waals surface area contributed by atoms with Gasteiger partial charge in [0.2, 0.25) is 5.91 Å². The molecule has 1 aromatic carbocycles. The average Bonchev–Trinajstić information content (AvgIpc) is 2.90. The Kier molecular flexibility index (Phi) is 5.27. The molecule has 1 N–H and O–H groups in total. The summed E-state index contributed by atoms with van der Waals surface area (Å²) in [6.45, 7) is 4.04. The van der Waals surface area contributed by atoms with Crippen LogP contribution in [0.3, 0.4) is 0 Å². The van der Waals surface area contributed by atoms with Crippen LogP contribution in [0.4, 0.5) is 0 Å². The second-order valence-corrected chi connectivity index (χ2v) is 7.73. The number of aromatic amines is 1. The van der Waals surface area contributed by atoms with Crippen LogP contribution < -0.4 is 0 Å². The molecule has 0 unspecified atom stereocenters. The Hall–Kier alpha value is -1.85. The number of carbonyl (C=O) groups is 1. The van der Waals surface area contributed by atoms with E-state index >= 15 is 0 Å². The van der Waals surface area contributed by atoms with Crippen LogP contribution in [0, 0.1) is 0 Å². The summed E-state index contributed by atoms with van der Waals surface area (Å²) < 4.78 is 0. The lowest BCUT2D eigenvalue weighted by molar-refractivity contribution is -0.133. The van der Waals surface area contributed by atoms with Crippen LogP contribution in [0.2, 0.25) is 5.02 Å². The molecule has 1 aromatic heterocycles. The molecule has 0 atom stereocenters. The molecule has 26 heavy (non-hydrogen) atoms. The fourth-order valence-corrected chi connectivity index (χ4v) is 4.07. The third kappa shape index (κ3) is 3.79. The molecule has 4 rings (SSSR count). The Morgan fingerprint density at radius 3 is 2.54 bits per heavy atom. The number of amides is 1.